The first-order valence-corrected chi connectivity index (χ1v) is 10.5. The predicted molar refractivity (Wildman–Crippen MR) is 121 cm³/mol. The highest BCUT2D eigenvalue weighted by atomic mass is 16.6. The summed E-state index contributed by atoms with van der Waals surface area (Å²) in [5, 5.41) is 21.6. The molecule has 0 saturated carbocycles. The van der Waals surface area contributed by atoms with Crippen LogP contribution in [-0.2, 0) is 25.5 Å². The molecule has 1 N–H and O–H groups in total. The fourth-order valence-electron chi connectivity index (χ4n) is 3.52. The average Bonchev–Trinajstić information content (AvgIpc) is 2.69. The number of rotatable bonds is 10. The molecule has 0 aromatic heterocycles. The lowest BCUT2D eigenvalue weighted by atomic mass is 9.75. The standard InChI is InChI=1S/C24H35NO7/c1-15(13-17-9-11-18(12-10-17)25(29)30)21(27)16(2)22(28)24(6,7)19(31-8)14-20(26)32-23(3,4)5/h9-12,14-16,21,27H,13H2,1-8H3/b19-14-/t15-,16-,21+/m1/s1. The Bertz CT molecular complexity index is 850. The molecule has 8 nitrogen and oxygen atoms in total. The Kier molecular flexibility index (Phi) is 9.14. The summed E-state index contributed by atoms with van der Waals surface area (Å²) in [6.45, 7) is 12.0. The zero-order valence-corrected chi connectivity index (χ0v) is 20.2. The van der Waals surface area contributed by atoms with Gasteiger partial charge in [0.1, 0.15) is 11.4 Å². The first kappa shape index (κ1) is 27.3. The molecule has 0 radical (unpaired) electrons. The molecule has 0 saturated heterocycles. The number of nitrogens with zero attached hydrogens (tertiary/aromatic N) is 1. The normalized spacial score (nSPS) is 15.5. The van der Waals surface area contributed by atoms with Crippen LogP contribution in [0.4, 0.5) is 5.69 Å². The molecule has 0 heterocycles. The number of esters is 1. The van der Waals surface area contributed by atoms with Gasteiger partial charge in [-0.1, -0.05) is 26.0 Å². The zero-order valence-electron chi connectivity index (χ0n) is 20.2. The van der Waals surface area contributed by atoms with Gasteiger partial charge < -0.3 is 14.6 Å². The van der Waals surface area contributed by atoms with Gasteiger partial charge in [-0.05, 0) is 52.5 Å². The Hall–Kier alpha value is -2.74. The number of allylic oxidation sites excluding steroid dienone is 1. The lowest BCUT2D eigenvalue weighted by Gasteiger charge is -2.32. The maximum absolute atomic E-state index is 13.2. The average molecular weight is 450 g/mol. The molecule has 1 rings (SSSR count). The molecule has 0 amide bonds. The number of ether oxygens (including phenoxy) is 2. The van der Waals surface area contributed by atoms with E-state index in [0.717, 1.165) is 5.56 Å². The third-order valence-electron chi connectivity index (χ3n) is 5.32. The molecule has 0 spiro atoms. The molecule has 0 aliphatic heterocycles. The SMILES string of the molecule is CO/C(=C\C(=O)OC(C)(C)C)C(C)(C)C(=O)[C@H](C)[C@@H](O)[C@H](C)Cc1ccc([N+](=O)[O-])cc1. The van der Waals surface area contributed by atoms with Gasteiger partial charge in [0.2, 0.25) is 0 Å². The molecule has 1 aromatic rings. The maximum Gasteiger partial charge on any atom is 0.334 e. The van der Waals surface area contributed by atoms with E-state index >= 15 is 0 Å². The summed E-state index contributed by atoms with van der Waals surface area (Å²) in [5.41, 5.74) is -1.03. The van der Waals surface area contributed by atoms with Gasteiger partial charge in [0.25, 0.3) is 5.69 Å². The summed E-state index contributed by atoms with van der Waals surface area (Å²) in [7, 11) is 1.38. The van der Waals surface area contributed by atoms with E-state index in [2.05, 4.69) is 0 Å². The Morgan fingerprint density at radius 2 is 1.66 bits per heavy atom. The molecule has 0 aliphatic carbocycles. The topological polar surface area (TPSA) is 116 Å². The fourth-order valence-corrected chi connectivity index (χ4v) is 3.52. The van der Waals surface area contributed by atoms with E-state index in [1.165, 1.54) is 25.3 Å². The Morgan fingerprint density at radius 3 is 2.09 bits per heavy atom. The van der Waals surface area contributed by atoms with Gasteiger partial charge in [-0.15, -0.1) is 0 Å². The molecule has 32 heavy (non-hydrogen) atoms. The third-order valence-corrected chi connectivity index (χ3v) is 5.32. The molecule has 0 bridgehead atoms. The summed E-state index contributed by atoms with van der Waals surface area (Å²) >= 11 is 0. The number of non-ortho nitro benzene ring substituents is 1. The van der Waals surface area contributed by atoms with Crippen LogP contribution in [0.1, 0.15) is 54.0 Å². The van der Waals surface area contributed by atoms with Crippen LogP contribution in [0, 0.1) is 27.4 Å². The maximum atomic E-state index is 13.2. The second kappa shape index (κ2) is 10.7. The van der Waals surface area contributed by atoms with Gasteiger partial charge in [0.15, 0.2) is 5.78 Å². The summed E-state index contributed by atoms with van der Waals surface area (Å²) in [5.74, 6) is -1.77. The minimum Gasteiger partial charge on any atom is -0.500 e. The van der Waals surface area contributed by atoms with Crippen molar-refractivity contribution >= 4 is 17.4 Å². The van der Waals surface area contributed by atoms with Crippen LogP contribution in [0.3, 0.4) is 0 Å². The number of carbonyl (C=O) groups is 2. The van der Waals surface area contributed by atoms with Crippen molar-refractivity contribution in [1.29, 1.82) is 0 Å². The van der Waals surface area contributed by atoms with Gasteiger partial charge >= 0.3 is 5.97 Å². The van der Waals surface area contributed by atoms with E-state index in [1.807, 2.05) is 6.92 Å². The number of Topliss-reactive ketones (excluding diaryl/α,β-unsaturated/α-hetero) is 1. The number of aliphatic hydroxyl groups is 1. The third kappa shape index (κ3) is 7.44. The predicted octanol–water partition coefficient (Wildman–Crippen LogP) is 4.24. The van der Waals surface area contributed by atoms with Crippen molar-refractivity contribution in [2.45, 2.75) is 66.6 Å². The smallest absolute Gasteiger partial charge is 0.334 e. The van der Waals surface area contributed by atoms with Crippen LogP contribution in [-0.4, -0.2) is 40.6 Å². The summed E-state index contributed by atoms with van der Waals surface area (Å²) in [6.07, 6.45) is 0.654. The van der Waals surface area contributed by atoms with Crippen LogP contribution in [0.2, 0.25) is 0 Å². The molecule has 0 unspecified atom stereocenters. The van der Waals surface area contributed by atoms with E-state index in [4.69, 9.17) is 9.47 Å². The zero-order chi connectivity index (χ0) is 24.9. The molecule has 0 aliphatic rings. The summed E-state index contributed by atoms with van der Waals surface area (Å²) in [6, 6.07) is 6.12. The first-order valence-electron chi connectivity index (χ1n) is 10.5. The number of nitro groups is 1. The van der Waals surface area contributed by atoms with Crippen LogP contribution >= 0.6 is 0 Å². The second-order valence-corrected chi connectivity index (χ2v) is 9.62. The highest BCUT2D eigenvalue weighted by molar-refractivity contribution is 5.91. The van der Waals surface area contributed by atoms with E-state index in [1.54, 1.807) is 53.7 Å². The Balaban J connectivity index is 2.95. The van der Waals surface area contributed by atoms with E-state index in [9.17, 15) is 24.8 Å². The molecule has 178 valence electrons. The van der Waals surface area contributed by atoms with E-state index in [0.29, 0.717) is 6.42 Å². The highest BCUT2D eigenvalue weighted by Crippen LogP contribution is 2.34. The number of methoxy groups -OCH3 is 1. The van der Waals surface area contributed by atoms with Crippen molar-refractivity contribution < 1.29 is 29.1 Å². The minimum atomic E-state index is -1.17. The van der Waals surface area contributed by atoms with Crippen molar-refractivity contribution in [2.24, 2.45) is 17.3 Å². The molecular formula is C24H35NO7. The number of carbonyl (C=O) groups excluding carboxylic acids is 2. The van der Waals surface area contributed by atoms with Gasteiger partial charge in [-0.3, -0.25) is 14.9 Å². The quantitative estimate of drug-likeness (QED) is 0.187. The van der Waals surface area contributed by atoms with Gasteiger partial charge in [-0.25, -0.2) is 4.79 Å². The molecular weight excluding hydrogens is 414 g/mol. The summed E-state index contributed by atoms with van der Waals surface area (Å²) < 4.78 is 10.6. The number of hydrogen-bond donors (Lipinski definition) is 1. The lowest BCUT2D eigenvalue weighted by molar-refractivity contribution is -0.384. The van der Waals surface area contributed by atoms with Gasteiger partial charge in [0, 0.05) is 18.1 Å². The first-order chi connectivity index (χ1) is 14.6. The number of hydrogen-bond acceptors (Lipinski definition) is 7. The lowest BCUT2D eigenvalue weighted by Crippen LogP contribution is -2.40. The number of benzene rings is 1. The van der Waals surface area contributed by atoms with Gasteiger partial charge in [0.05, 0.1) is 29.6 Å². The van der Waals surface area contributed by atoms with Crippen molar-refractivity contribution in [3.63, 3.8) is 0 Å². The number of nitro benzene ring substituents is 1. The van der Waals surface area contributed by atoms with Crippen LogP contribution in [0.15, 0.2) is 36.1 Å². The minimum absolute atomic E-state index is 0.00360. The van der Waals surface area contributed by atoms with Crippen molar-refractivity contribution in [2.75, 3.05) is 7.11 Å². The van der Waals surface area contributed by atoms with E-state index < -0.39 is 33.9 Å². The van der Waals surface area contributed by atoms with Gasteiger partial charge in [-0.2, -0.15) is 0 Å². The van der Waals surface area contributed by atoms with Crippen LogP contribution in [0.25, 0.3) is 0 Å². The molecule has 1 aromatic carbocycles. The Labute approximate surface area is 189 Å². The van der Waals surface area contributed by atoms with Crippen LogP contribution in [0.5, 0.6) is 0 Å². The van der Waals surface area contributed by atoms with Crippen molar-refractivity contribution in [1.82, 2.24) is 0 Å². The van der Waals surface area contributed by atoms with Crippen molar-refractivity contribution in [3.05, 3.63) is 51.8 Å². The Morgan fingerprint density at radius 1 is 1.12 bits per heavy atom. The molecule has 0 fully saturated rings. The second-order valence-electron chi connectivity index (χ2n) is 9.62. The number of ketones is 1. The number of aliphatic hydroxyl groups excluding tert-OH is 1. The highest BCUT2D eigenvalue weighted by Gasteiger charge is 2.40. The van der Waals surface area contributed by atoms with Crippen molar-refractivity contribution in [3.8, 4) is 0 Å². The molecule has 3 atom stereocenters. The molecule has 8 heteroatoms. The summed E-state index contributed by atoms with van der Waals surface area (Å²) in [4.78, 5) is 35.8. The van der Waals surface area contributed by atoms with E-state index in [-0.39, 0.29) is 23.1 Å². The largest absolute Gasteiger partial charge is 0.500 e. The monoisotopic (exact) mass is 449 g/mol. The van der Waals surface area contributed by atoms with Crippen LogP contribution < -0.4 is 0 Å². The fraction of sp³-hybridized carbons (Fsp3) is 0.583.